The third-order valence-electron chi connectivity index (χ3n) is 0.985. The first kappa shape index (κ1) is 11.8. The third-order valence-corrected chi connectivity index (χ3v) is 7.26. The highest BCUT2D eigenvalue weighted by atomic mass is 31.3. The Morgan fingerprint density at radius 1 is 0.786 bits per heavy atom. The summed E-state index contributed by atoms with van der Waals surface area (Å²) in [7, 11) is -15.3. The minimum absolute atomic E-state index is 0.590. The molecule has 1 heterocycles. The van der Waals surface area contributed by atoms with Gasteiger partial charge in [-0.2, -0.15) is 12.9 Å². The van der Waals surface area contributed by atoms with E-state index in [0.717, 1.165) is 0 Å². The van der Waals surface area contributed by atoms with Crippen molar-refractivity contribution in [3.63, 3.8) is 0 Å². The predicted octanol–water partition coefficient (Wildman–Crippen LogP) is 4.27. The number of nitrogens with zero attached hydrogens (tertiary/aromatic N) is 3. The molecule has 0 amide bonds. The molecule has 2 unspecified atom stereocenters. The van der Waals surface area contributed by atoms with Crippen molar-refractivity contribution >= 4 is 34.9 Å². The summed E-state index contributed by atoms with van der Waals surface area (Å²) in [6, 6.07) is -1.18. The summed E-state index contributed by atoms with van der Waals surface area (Å²) in [6.45, 7) is 0. The molecular weight excluding hydrogens is 267 g/mol. The van der Waals surface area contributed by atoms with Crippen LogP contribution in [0.15, 0.2) is 13.5 Å². The van der Waals surface area contributed by atoms with Gasteiger partial charge in [-0.05, 0) is 0 Å². The Bertz CT molecular complexity index is 437. The molecule has 2 atom stereocenters. The molecule has 0 fully saturated rings. The number of halogens is 4. The molecule has 0 bridgehead atoms. The lowest BCUT2D eigenvalue weighted by molar-refractivity contribution is 0.566. The largest absolute Gasteiger partial charge is 0.422 e. The van der Waals surface area contributed by atoms with Crippen LogP contribution >= 0.6 is 22.9 Å². The van der Waals surface area contributed by atoms with Crippen LogP contribution in [0.5, 0.6) is 0 Å². The highest BCUT2D eigenvalue weighted by Crippen LogP contribution is 2.79. The molecule has 0 aliphatic carbocycles. The molecule has 0 spiro atoms. The van der Waals surface area contributed by atoms with E-state index in [1.165, 1.54) is 0 Å². The van der Waals surface area contributed by atoms with Crippen molar-refractivity contribution in [3.8, 4) is 0 Å². The second-order valence-corrected chi connectivity index (χ2v) is 7.83. The summed E-state index contributed by atoms with van der Waals surface area (Å²) in [5, 5.41) is 0. The van der Waals surface area contributed by atoms with Crippen molar-refractivity contribution < 1.29 is 26.4 Å². The maximum atomic E-state index is 13.0. The van der Waals surface area contributed by atoms with Crippen molar-refractivity contribution in [1.82, 2.24) is 0 Å². The summed E-state index contributed by atoms with van der Waals surface area (Å²) in [6.07, 6.45) is 0. The lowest BCUT2D eigenvalue weighted by Crippen LogP contribution is -1.79. The summed E-state index contributed by atoms with van der Waals surface area (Å²) >= 11 is 0. The van der Waals surface area contributed by atoms with E-state index in [1.54, 1.807) is 0 Å². The Kier molecular flexibility index (Phi) is 2.87. The van der Waals surface area contributed by atoms with Gasteiger partial charge in [0, 0.05) is 0 Å². The molecule has 0 N–H and O–H groups in total. The zero-order chi connectivity index (χ0) is 11.0. The highest BCUT2D eigenvalue weighted by Gasteiger charge is 2.38. The number of hydrogen-bond acceptors (Lipinski definition) is 5. The van der Waals surface area contributed by atoms with E-state index >= 15 is 0 Å². The Labute approximate surface area is 75.7 Å². The number of hydrogen-bond donors (Lipinski definition) is 0. The van der Waals surface area contributed by atoms with E-state index in [2.05, 4.69) is 13.5 Å². The third kappa shape index (κ3) is 2.41. The molecule has 0 saturated heterocycles. The molecule has 1 aliphatic heterocycles. The molecule has 12 heteroatoms. The van der Waals surface area contributed by atoms with Crippen molar-refractivity contribution in [1.29, 1.82) is 0 Å². The first-order chi connectivity index (χ1) is 6.24. The van der Waals surface area contributed by atoms with Gasteiger partial charge in [-0.3, -0.25) is 9.59 Å². The van der Waals surface area contributed by atoms with Gasteiger partial charge in [0.25, 0.3) is 0 Å². The Balaban J connectivity index is 3.60. The fourth-order valence-corrected chi connectivity index (χ4v) is 6.51. The van der Waals surface area contributed by atoms with Crippen molar-refractivity contribution in [2.45, 2.75) is 0 Å². The summed E-state index contributed by atoms with van der Waals surface area (Å²) in [4.78, 5) is 20.1. The molecule has 14 heavy (non-hydrogen) atoms. The molecule has 1 rings (SSSR count). The van der Waals surface area contributed by atoms with E-state index in [9.17, 15) is 26.4 Å². The summed E-state index contributed by atoms with van der Waals surface area (Å²) in [5.41, 5.74) is 0. The number of carbonyl (C=O) groups excluding carboxylic acids is 2. The maximum absolute atomic E-state index is 13.0. The molecule has 0 aromatic carbocycles. The first-order valence-corrected chi connectivity index (χ1v) is 7.65. The van der Waals surface area contributed by atoms with Gasteiger partial charge in [-0.1, -0.05) is 0 Å². The molecule has 0 aromatic rings. The monoisotopic (exact) mass is 269 g/mol. The molecule has 1 aliphatic rings. The van der Waals surface area contributed by atoms with Crippen molar-refractivity contribution in [2.24, 2.45) is 13.5 Å². The Hall–Kier alpha value is -0.250. The predicted molar refractivity (Wildman–Crippen MR) is 46.0 cm³/mol. The Morgan fingerprint density at radius 3 is 1.64 bits per heavy atom. The van der Waals surface area contributed by atoms with Gasteiger partial charge in [0.1, 0.15) is 0 Å². The average molecular weight is 269 g/mol. The molecular formula is C2H2F4N3O2P3. The quantitative estimate of drug-likeness (QED) is 0.426. The first-order valence-electron chi connectivity index (χ1n) is 2.86. The van der Waals surface area contributed by atoms with Gasteiger partial charge in [0.05, 0.1) is 0 Å². The number of rotatable bonds is 2. The van der Waals surface area contributed by atoms with Gasteiger partial charge in [0.2, 0.25) is 12.1 Å². The van der Waals surface area contributed by atoms with Crippen molar-refractivity contribution in [2.75, 3.05) is 0 Å². The van der Waals surface area contributed by atoms with Gasteiger partial charge >= 0.3 is 22.9 Å². The fraction of sp³-hybridized carbons (Fsp3) is 0. The second-order valence-electron chi connectivity index (χ2n) is 2.07. The normalized spacial score (nSPS) is 40.0. The zero-order valence-electron chi connectivity index (χ0n) is 6.17. The summed E-state index contributed by atoms with van der Waals surface area (Å²) < 4.78 is 57.9. The topological polar surface area (TPSA) is 71.2 Å². The smallest absolute Gasteiger partial charge is 0.292 e. The molecule has 0 aromatic heterocycles. The van der Waals surface area contributed by atoms with Gasteiger partial charge in [0.15, 0.2) is 0 Å². The molecule has 5 nitrogen and oxygen atoms in total. The fourth-order valence-electron chi connectivity index (χ4n) is 0.616. The second kappa shape index (κ2) is 3.40. The van der Waals surface area contributed by atoms with Gasteiger partial charge in [-0.25, -0.2) is 0 Å². The van der Waals surface area contributed by atoms with E-state index < -0.39 is 34.9 Å². The van der Waals surface area contributed by atoms with E-state index in [1.807, 2.05) is 0 Å². The maximum Gasteiger partial charge on any atom is 0.422 e. The highest BCUT2D eigenvalue weighted by molar-refractivity contribution is 7.91. The van der Waals surface area contributed by atoms with Gasteiger partial charge in [-0.15, -0.1) is 17.4 Å². The van der Waals surface area contributed by atoms with Crippen LogP contribution < -0.4 is 0 Å². The molecule has 0 saturated carbocycles. The average Bonchev–Trinajstić information content (AvgIpc) is 2.00. The molecule has 80 valence electrons. The van der Waals surface area contributed by atoms with Crippen LogP contribution in [0.4, 0.5) is 16.8 Å². The van der Waals surface area contributed by atoms with Crippen LogP contribution in [0.2, 0.25) is 0 Å². The zero-order valence-corrected chi connectivity index (χ0v) is 8.85. The lowest BCUT2D eigenvalue weighted by atomic mass is 11.8. The minimum Gasteiger partial charge on any atom is -0.292 e. The van der Waals surface area contributed by atoms with Crippen LogP contribution in [-0.4, -0.2) is 12.1 Å². The van der Waals surface area contributed by atoms with Crippen LogP contribution in [0.3, 0.4) is 0 Å². The summed E-state index contributed by atoms with van der Waals surface area (Å²) in [5.74, 6) is 0. The SMILES string of the molecule is O=CP1(F)=NP(F)(F)=NP(F)(C=O)=N1. The Morgan fingerprint density at radius 2 is 1.21 bits per heavy atom. The minimum atomic E-state index is -5.57. The standard InChI is InChI=1S/C2H2F4N3O2P3/c3-12(1-10)7-13(4,2-11)9-14(5,6)8-12/h1-2H. The van der Waals surface area contributed by atoms with Crippen LogP contribution in [0, 0.1) is 0 Å². The van der Waals surface area contributed by atoms with E-state index in [4.69, 9.17) is 0 Å². The van der Waals surface area contributed by atoms with Gasteiger partial charge < -0.3 is 0 Å². The van der Waals surface area contributed by atoms with E-state index in [0.29, 0.717) is 0 Å². The number of carbonyl (C=O) groups is 2. The van der Waals surface area contributed by atoms with Crippen molar-refractivity contribution in [3.05, 3.63) is 0 Å². The van der Waals surface area contributed by atoms with Crippen LogP contribution in [0.25, 0.3) is 0 Å². The van der Waals surface area contributed by atoms with Crippen LogP contribution in [0.1, 0.15) is 0 Å². The van der Waals surface area contributed by atoms with Crippen LogP contribution in [-0.2, 0) is 9.59 Å². The van der Waals surface area contributed by atoms with E-state index in [-0.39, 0.29) is 0 Å². The lowest BCUT2D eigenvalue weighted by Gasteiger charge is -2.13. The molecule has 0 radical (unpaired) electrons.